The minimum atomic E-state index is -0.494. The highest BCUT2D eigenvalue weighted by Gasteiger charge is 2.35. The van der Waals surface area contributed by atoms with Crippen LogP contribution in [0.4, 0.5) is 10.5 Å². The first-order chi connectivity index (χ1) is 17.5. The highest BCUT2D eigenvalue weighted by atomic mass is 32.2. The van der Waals surface area contributed by atoms with Gasteiger partial charge >= 0.3 is 0 Å². The summed E-state index contributed by atoms with van der Waals surface area (Å²) in [6.07, 6.45) is 1.66. The molecule has 0 spiro atoms. The second kappa shape index (κ2) is 10.1. The van der Waals surface area contributed by atoms with E-state index in [1.807, 2.05) is 42.5 Å². The van der Waals surface area contributed by atoms with Gasteiger partial charge in [-0.1, -0.05) is 66.7 Å². The van der Waals surface area contributed by atoms with Gasteiger partial charge in [-0.3, -0.25) is 24.6 Å². The summed E-state index contributed by atoms with van der Waals surface area (Å²) in [6, 6.07) is 27.4. The largest absolute Gasteiger partial charge is 0.488 e. The van der Waals surface area contributed by atoms with Crippen molar-refractivity contribution < 1.29 is 19.2 Å². The summed E-state index contributed by atoms with van der Waals surface area (Å²) >= 11 is 0.863. The molecule has 0 unspecified atom stereocenters. The van der Waals surface area contributed by atoms with E-state index >= 15 is 0 Å². The number of para-hydroxylation sites is 1. The van der Waals surface area contributed by atoms with Gasteiger partial charge in [0.1, 0.15) is 12.4 Å². The van der Waals surface area contributed by atoms with Crippen molar-refractivity contribution in [2.75, 3.05) is 0 Å². The van der Waals surface area contributed by atoms with E-state index in [1.54, 1.807) is 18.2 Å². The van der Waals surface area contributed by atoms with Gasteiger partial charge in [0.25, 0.3) is 16.8 Å². The Morgan fingerprint density at radius 2 is 1.56 bits per heavy atom. The Kier molecular flexibility index (Phi) is 6.51. The number of nitro groups is 1. The van der Waals surface area contributed by atoms with Crippen LogP contribution in [0.5, 0.6) is 5.75 Å². The monoisotopic (exact) mass is 496 g/mol. The van der Waals surface area contributed by atoms with Crippen molar-refractivity contribution in [1.82, 2.24) is 4.90 Å². The van der Waals surface area contributed by atoms with Crippen molar-refractivity contribution in [3.8, 4) is 5.75 Å². The number of carbonyl (C=O) groups excluding carboxylic acids is 2. The number of hydrogen-bond donors (Lipinski definition) is 0. The van der Waals surface area contributed by atoms with Crippen LogP contribution in [-0.4, -0.2) is 21.0 Å². The fourth-order valence-electron chi connectivity index (χ4n) is 3.90. The maximum atomic E-state index is 13.0. The van der Waals surface area contributed by atoms with Crippen LogP contribution in [0.25, 0.3) is 16.8 Å². The molecule has 178 valence electrons. The van der Waals surface area contributed by atoms with E-state index in [-0.39, 0.29) is 17.5 Å². The van der Waals surface area contributed by atoms with Gasteiger partial charge in [0.2, 0.25) is 0 Å². The van der Waals surface area contributed by atoms with Crippen molar-refractivity contribution in [3.63, 3.8) is 0 Å². The quantitative estimate of drug-likeness (QED) is 0.163. The number of nitro benzene ring substituents is 1. The van der Waals surface area contributed by atoms with Crippen LogP contribution in [0.3, 0.4) is 0 Å². The van der Waals surface area contributed by atoms with Crippen molar-refractivity contribution in [3.05, 3.63) is 123 Å². The van der Waals surface area contributed by atoms with E-state index in [4.69, 9.17) is 4.74 Å². The van der Waals surface area contributed by atoms with Crippen molar-refractivity contribution in [2.45, 2.75) is 13.2 Å². The van der Waals surface area contributed by atoms with Crippen LogP contribution >= 0.6 is 11.8 Å². The minimum absolute atomic E-state index is 0.0418. The molecule has 36 heavy (non-hydrogen) atoms. The molecule has 0 saturated carbocycles. The molecule has 0 bridgehead atoms. The zero-order valence-electron chi connectivity index (χ0n) is 19.0. The average Bonchev–Trinajstić information content (AvgIpc) is 3.15. The topological polar surface area (TPSA) is 89.8 Å². The highest BCUT2D eigenvalue weighted by molar-refractivity contribution is 8.18. The number of carbonyl (C=O) groups is 2. The molecule has 4 aromatic rings. The number of benzene rings is 4. The van der Waals surface area contributed by atoms with Gasteiger partial charge in [-0.25, -0.2) is 0 Å². The Labute approximate surface area is 211 Å². The summed E-state index contributed by atoms with van der Waals surface area (Å²) < 4.78 is 6.08. The average molecular weight is 497 g/mol. The molecule has 1 heterocycles. The van der Waals surface area contributed by atoms with Gasteiger partial charge < -0.3 is 4.74 Å². The zero-order valence-corrected chi connectivity index (χ0v) is 19.8. The molecule has 0 aromatic heterocycles. The molecule has 0 N–H and O–H groups in total. The van der Waals surface area contributed by atoms with Crippen LogP contribution in [0.1, 0.15) is 16.7 Å². The summed E-state index contributed by atoms with van der Waals surface area (Å²) in [6.45, 7) is 0.400. The molecule has 1 saturated heterocycles. The van der Waals surface area contributed by atoms with Crippen molar-refractivity contribution in [2.24, 2.45) is 0 Å². The smallest absolute Gasteiger partial charge is 0.293 e. The van der Waals surface area contributed by atoms with Gasteiger partial charge in [-0.15, -0.1) is 0 Å². The molecular weight excluding hydrogens is 476 g/mol. The molecular formula is C28H20N2O5S. The molecule has 7 nitrogen and oxygen atoms in total. The van der Waals surface area contributed by atoms with Crippen molar-refractivity contribution >= 4 is 45.4 Å². The molecule has 1 fully saturated rings. The highest BCUT2D eigenvalue weighted by Crippen LogP contribution is 2.35. The number of thioether (sulfide) groups is 1. The van der Waals surface area contributed by atoms with Crippen LogP contribution in [0.15, 0.2) is 95.9 Å². The summed E-state index contributed by atoms with van der Waals surface area (Å²) in [5.41, 5.74) is 2.29. The lowest BCUT2D eigenvalue weighted by atomic mass is 10.1. The normalized spacial score (nSPS) is 14.6. The molecule has 0 radical (unpaired) electrons. The standard InChI is InChI=1S/C28H20N2O5S/c31-27-26(36-28(32)29(27)17-19-10-13-24(14-11-19)30(33)34)16-23-7-3-4-8-25(23)35-18-20-9-12-21-5-1-2-6-22(21)15-20/h1-16H,17-18H2/b26-16-. The lowest BCUT2D eigenvalue weighted by Crippen LogP contribution is -2.27. The number of hydrogen-bond acceptors (Lipinski definition) is 6. The Hall–Kier alpha value is -4.43. The summed E-state index contributed by atoms with van der Waals surface area (Å²) in [5.74, 6) is 0.195. The maximum Gasteiger partial charge on any atom is 0.293 e. The Morgan fingerprint density at radius 3 is 2.33 bits per heavy atom. The van der Waals surface area contributed by atoms with Gasteiger partial charge in [0.05, 0.1) is 16.4 Å². The fourth-order valence-corrected chi connectivity index (χ4v) is 4.73. The van der Waals surface area contributed by atoms with Crippen LogP contribution in [0, 0.1) is 10.1 Å². The second-order valence-electron chi connectivity index (χ2n) is 8.20. The number of amides is 2. The SMILES string of the molecule is O=C1S/C(=C\c2ccccc2OCc2ccc3ccccc3c2)C(=O)N1Cc1ccc([N+](=O)[O-])cc1. The van der Waals surface area contributed by atoms with Gasteiger partial charge in [-0.2, -0.15) is 0 Å². The van der Waals surface area contributed by atoms with Crippen LogP contribution in [0.2, 0.25) is 0 Å². The predicted octanol–water partition coefficient (Wildman–Crippen LogP) is 6.56. The number of rotatable bonds is 7. The predicted molar refractivity (Wildman–Crippen MR) is 139 cm³/mol. The third-order valence-corrected chi connectivity index (χ3v) is 6.68. The molecule has 5 rings (SSSR count). The molecule has 1 aliphatic rings. The number of imide groups is 1. The summed E-state index contributed by atoms with van der Waals surface area (Å²) in [7, 11) is 0. The first-order valence-corrected chi connectivity index (χ1v) is 12.0. The molecule has 1 aliphatic heterocycles. The number of fused-ring (bicyclic) bond motifs is 1. The van der Waals surface area contributed by atoms with E-state index in [1.165, 1.54) is 12.1 Å². The first kappa shape index (κ1) is 23.3. The van der Waals surface area contributed by atoms with Crippen LogP contribution < -0.4 is 4.74 Å². The lowest BCUT2D eigenvalue weighted by Gasteiger charge is -2.12. The van der Waals surface area contributed by atoms with Gasteiger partial charge in [0.15, 0.2) is 0 Å². The number of nitrogens with zero attached hydrogens (tertiary/aromatic N) is 2. The molecule has 8 heteroatoms. The van der Waals surface area contributed by atoms with E-state index in [2.05, 4.69) is 24.3 Å². The first-order valence-electron chi connectivity index (χ1n) is 11.2. The Balaban J connectivity index is 1.31. The summed E-state index contributed by atoms with van der Waals surface area (Å²) in [5, 5.41) is 12.8. The third-order valence-electron chi connectivity index (χ3n) is 5.78. The maximum absolute atomic E-state index is 13.0. The summed E-state index contributed by atoms with van der Waals surface area (Å²) in [4.78, 5) is 37.3. The zero-order chi connectivity index (χ0) is 25.1. The number of non-ortho nitro benzene ring substituents is 1. The van der Waals surface area contributed by atoms with Gasteiger partial charge in [-0.05, 0) is 51.9 Å². The van der Waals surface area contributed by atoms with E-state index in [9.17, 15) is 19.7 Å². The Morgan fingerprint density at radius 1 is 0.861 bits per heavy atom. The Bertz CT molecular complexity index is 1510. The minimum Gasteiger partial charge on any atom is -0.488 e. The van der Waals surface area contributed by atoms with Gasteiger partial charge in [0, 0.05) is 17.7 Å². The molecule has 2 amide bonds. The molecule has 4 aromatic carbocycles. The fraction of sp³-hybridized carbons (Fsp3) is 0.0714. The number of ether oxygens (including phenoxy) is 1. The van der Waals surface area contributed by atoms with Crippen LogP contribution in [-0.2, 0) is 17.9 Å². The third kappa shape index (κ3) is 4.99. The van der Waals surface area contributed by atoms with E-state index in [0.717, 1.165) is 33.0 Å². The van der Waals surface area contributed by atoms with Crippen molar-refractivity contribution in [1.29, 1.82) is 0 Å². The molecule has 0 aliphatic carbocycles. The lowest BCUT2D eigenvalue weighted by molar-refractivity contribution is -0.384. The van der Waals surface area contributed by atoms with E-state index < -0.39 is 10.8 Å². The molecule has 0 atom stereocenters. The van der Waals surface area contributed by atoms with E-state index in [0.29, 0.717) is 28.4 Å². The second-order valence-corrected chi connectivity index (χ2v) is 9.19.